The Labute approximate surface area is 265 Å². The van der Waals surface area contributed by atoms with E-state index in [1.54, 1.807) is 0 Å². The monoisotopic (exact) mass is 596 g/mol. The van der Waals surface area contributed by atoms with Crippen molar-refractivity contribution in [1.82, 2.24) is 0 Å². The van der Waals surface area contributed by atoms with Crippen molar-refractivity contribution in [1.29, 1.82) is 0 Å². The van der Waals surface area contributed by atoms with Crippen LogP contribution >= 0.6 is 0 Å². The second kappa shape index (κ2) is 21.3. The number of allylic oxidation sites excluding steroid dienone is 4. The lowest BCUT2D eigenvalue weighted by Crippen LogP contribution is -2.37. The van der Waals surface area contributed by atoms with Gasteiger partial charge in [0.25, 0.3) is 0 Å². The molecular weight excluding hydrogens is 544 g/mol. The van der Waals surface area contributed by atoms with Crippen molar-refractivity contribution in [2.24, 2.45) is 0 Å². The summed E-state index contributed by atoms with van der Waals surface area (Å²) in [5.41, 5.74) is 1.96. The van der Waals surface area contributed by atoms with Gasteiger partial charge in [0.1, 0.15) is 18.3 Å². The Bertz CT molecular complexity index is 1110. The van der Waals surface area contributed by atoms with Crippen LogP contribution in [0, 0.1) is 0 Å². The highest BCUT2D eigenvalue weighted by molar-refractivity contribution is 5.69. The van der Waals surface area contributed by atoms with Gasteiger partial charge >= 0.3 is 5.97 Å². The molecule has 0 spiro atoms. The van der Waals surface area contributed by atoms with Crippen LogP contribution in [-0.4, -0.2) is 30.4 Å². The normalized spacial score (nSPS) is 12.6. The van der Waals surface area contributed by atoms with E-state index in [4.69, 9.17) is 9.47 Å². The summed E-state index contributed by atoms with van der Waals surface area (Å²) in [5, 5.41) is 10.8. The average Bonchev–Trinajstić information content (AvgIpc) is 3.07. The molecule has 236 valence electrons. The molecule has 0 radical (unpaired) electrons. The molecule has 0 aromatic heterocycles. The minimum absolute atomic E-state index is 0.00958. The number of aliphatic hydroxyl groups excluding tert-OH is 1. The summed E-state index contributed by atoms with van der Waals surface area (Å²) >= 11 is 0. The Hall–Kier alpha value is -3.47. The van der Waals surface area contributed by atoms with Crippen molar-refractivity contribution in [3.05, 3.63) is 132 Å². The van der Waals surface area contributed by atoms with Crippen molar-refractivity contribution in [3.63, 3.8) is 0 Å². The van der Waals surface area contributed by atoms with Crippen LogP contribution in [0.1, 0.15) is 101 Å². The van der Waals surface area contributed by atoms with Crippen LogP contribution < -0.4 is 0 Å². The van der Waals surface area contributed by atoms with Gasteiger partial charge in [-0.2, -0.15) is 0 Å². The highest BCUT2D eigenvalue weighted by atomic mass is 16.6. The van der Waals surface area contributed by atoms with Crippen LogP contribution in [0.15, 0.2) is 115 Å². The molecule has 3 rings (SSSR count). The van der Waals surface area contributed by atoms with Crippen LogP contribution in [0.5, 0.6) is 0 Å². The maximum atomic E-state index is 12.4. The number of hydrogen-bond acceptors (Lipinski definition) is 4. The van der Waals surface area contributed by atoms with Crippen LogP contribution in [0.25, 0.3) is 0 Å². The summed E-state index contributed by atoms with van der Waals surface area (Å²) in [6, 6.07) is 30.1. The first-order valence-corrected chi connectivity index (χ1v) is 16.6. The number of carbonyl (C=O) groups is 1. The van der Waals surface area contributed by atoms with Crippen LogP contribution in [0.2, 0.25) is 0 Å². The van der Waals surface area contributed by atoms with Crippen molar-refractivity contribution >= 4 is 5.97 Å². The summed E-state index contributed by atoms with van der Waals surface area (Å²) in [6.45, 7) is 2.16. The summed E-state index contributed by atoms with van der Waals surface area (Å²) < 4.78 is 12.0. The molecule has 0 aliphatic heterocycles. The third kappa shape index (κ3) is 12.3. The molecule has 0 saturated heterocycles. The number of ether oxygens (including phenoxy) is 2. The lowest BCUT2D eigenvalue weighted by atomic mass is 9.80. The summed E-state index contributed by atoms with van der Waals surface area (Å²) in [7, 11) is 0. The number of carbonyl (C=O) groups excluding carboxylic acids is 1. The molecule has 1 N–H and O–H groups in total. The van der Waals surface area contributed by atoms with Gasteiger partial charge in [0, 0.05) is 6.42 Å². The van der Waals surface area contributed by atoms with Gasteiger partial charge in [-0.05, 0) is 55.2 Å². The minimum atomic E-state index is -0.945. The molecule has 44 heavy (non-hydrogen) atoms. The van der Waals surface area contributed by atoms with Crippen molar-refractivity contribution < 1.29 is 19.4 Å². The number of benzene rings is 3. The van der Waals surface area contributed by atoms with E-state index in [0.717, 1.165) is 48.8 Å². The number of unbranched alkanes of at least 4 members (excludes halogenated alkanes) is 8. The molecular formula is C40H52O4. The molecule has 0 saturated carbocycles. The molecule has 0 aliphatic carbocycles. The van der Waals surface area contributed by atoms with Crippen LogP contribution in [0.4, 0.5) is 0 Å². The Morgan fingerprint density at radius 2 is 1.14 bits per heavy atom. The van der Waals surface area contributed by atoms with Crippen LogP contribution in [-0.2, 0) is 19.9 Å². The third-order valence-electron chi connectivity index (χ3n) is 7.80. The van der Waals surface area contributed by atoms with E-state index in [9.17, 15) is 9.90 Å². The quantitative estimate of drug-likeness (QED) is 0.0543. The fraction of sp³-hybridized carbons (Fsp3) is 0.425. The zero-order chi connectivity index (χ0) is 31.1. The molecule has 0 heterocycles. The highest BCUT2D eigenvalue weighted by Crippen LogP contribution is 2.40. The number of aliphatic hydroxyl groups is 1. The number of esters is 1. The molecule has 0 amide bonds. The molecule has 0 bridgehead atoms. The van der Waals surface area contributed by atoms with Gasteiger partial charge in [-0.3, -0.25) is 4.79 Å². The van der Waals surface area contributed by atoms with Crippen molar-refractivity contribution in [2.75, 3.05) is 13.2 Å². The molecule has 3 aromatic rings. The first-order chi connectivity index (χ1) is 21.7. The van der Waals surface area contributed by atoms with E-state index in [0.29, 0.717) is 6.42 Å². The SMILES string of the molecule is CCCCC/C=C\C/C=C\CCCCCCCC(=O)OC[C@H](O)COC(c1ccccc1)(c1ccccc1)c1ccccc1. The van der Waals surface area contributed by atoms with Gasteiger partial charge in [0.2, 0.25) is 0 Å². The second-order valence-corrected chi connectivity index (χ2v) is 11.4. The summed E-state index contributed by atoms with van der Waals surface area (Å²) in [5.74, 6) is -0.268. The zero-order valence-electron chi connectivity index (χ0n) is 26.6. The standard InChI is InChI=1S/C40H52O4/c1-2-3-4-5-6-7-8-9-10-11-12-13-14-15-25-32-39(42)43-33-38(41)34-44-40(35-26-19-16-20-27-35,36-28-21-17-22-29-36)37-30-23-18-24-31-37/h6-7,9-10,16-24,26-31,38,41H,2-5,8,11-15,25,32-34H2,1H3/b7-6-,10-9-/t38-/m0/s1. The van der Waals surface area contributed by atoms with Crippen molar-refractivity contribution in [2.45, 2.75) is 95.7 Å². The second-order valence-electron chi connectivity index (χ2n) is 11.4. The van der Waals surface area contributed by atoms with E-state index in [2.05, 4.69) is 31.2 Å². The molecule has 0 unspecified atom stereocenters. The maximum Gasteiger partial charge on any atom is 0.305 e. The van der Waals surface area contributed by atoms with E-state index < -0.39 is 11.7 Å². The Kier molecular flexibility index (Phi) is 16.9. The van der Waals surface area contributed by atoms with E-state index in [1.807, 2.05) is 91.0 Å². The van der Waals surface area contributed by atoms with Gasteiger partial charge in [-0.25, -0.2) is 0 Å². The van der Waals surface area contributed by atoms with Gasteiger partial charge in [-0.1, -0.05) is 154 Å². The summed E-state index contributed by atoms with van der Waals surface area (Å²) in [4.78, 5) is 12.4. The number of rotatable bonds is 22. The lowest BCUT2D eigenvalue weighted by Gasteiger charge is -2.36. The largest absolute Gasteiger partial charge is 0.463 e. The summed E-state index contributed by atoms with van der Waals surface area (Å²) in [6.07, 6.45) is 21.1. The first kappa shape index (κ1) is 35.0. The predicted octanol–water partition coefficient (Wildman–Crippen LogP) is 9.71. The van der Waals surface area contributed by atoms with E-state index in [-0.39, 0.29) is 19.2 Å². The number of hydrogen-bond donors (Lipinski definition) is 1. The molecule has 0 aliphatic rings. The first-order valence-electron chi connectivity index (χ1n) is 16.6. The topological polar surface area (TPSA) is 55.8 Å². The molecule has 1 atom stereocenters. The Morgan fingerprint density at radius 1 is 0.659 bits per heavy atom. The Balaban J connectivity index is 1.37. The van der Waals surface area contributed by atoms with E-state index in [1.165, 1.54) is 38.5 Å². The predicted molar refractivity (Wildman–Crippen MR) is 181 cm³/mol. The lowest BCUT2D eigenvalue weighted by molar-refractivity contribution is -0.149. The van der Waals surface area contributed by atoms with Gasteiger partial charge < -0.3 is 14.6 Å². The molecule has 3 aromatic carbocycles. The fourth-order valence-electron chi connectivity index (χ4n) is 5.38. The van der Waals surface area contributed by atoms with Crippen LogP contribution in [0.3, 0.4) is 0 Å². The highest BCUT2D eigenvalue weighted by Gasteiger charge is 2.38. The minimum Gasteiger partial charge on any atom is -0.463 e. The third-order valence-corrected chi connectivity index (χ3v) is 7.80. The van der Waals surface area contributed by atoms with Gasteiger partial charge in [0.15, 0.2) is 0 Å². The van der Waals surface area contributed by atoms with Crippen molar-refractivity contribution in [3.8, 4) is 0 Å². The maximum absolute atomic E-state index is 12.4. The molecule has 4 heteroatoms. The van der Waals surface area contributed by atoms with E-state index >= 15 is 0 Å². The average molecular weight is 597 g/mol. The Morgan fingerprint density at radius 3 is 1.66 bits per heavy atom. The smallest absolute Gasteiger partial charge is 0.305 e. The molecule has 0 fully saturated rings. The fourth-order valence-corrected chi connectivity index (χ4v) is 5.38. The van der Waals surface area contributed by atoms with Gasteiger partial charge in [0.05, 0.1) is 6.61 Å². The van der Waals surface area contributed by atoms with Gasteiger partial charge in [-0.15, -0.1) is 0 Å². The zero-order valence-corrected chi connectivity index (χ0v) is 26.6. The molecule has 4 nitrogen and oxygen atoms in total.